The average Bonchev–Trinajstić information content (AvgIpc) is 2.54. The standard InChI is InChI=1S/C17H15F3N2O2/c1-11-2-8-14(9-3-11)22-15(23)10-21-16(24)12-4-6-13(7-5-12)17(18,19)20/h2-9H,10H2,1H3,(H,21,24)(H,22,23). The van der Waals surface area contributed by atoms with Crippen molar-refractivity contribution < 1.29 is 22.8 Å². The minimum absolute atomic E-state index is 0.0473. The Morgan fingerprint density at radius 2 is 1.54 bits per heavy atom. The number of hydrogen-bond acceptors (Lipinski definition) is 2. The van der Waals surface area contributed by atoms with E-state index in [1.165, 1.54) is 0 Å². The molecule has 126 valence electrons. The predicted molar refractivity (Wildman–Crippen MR) is 83.6 cm³/mol. The normalized spacial score (nSPS) is 11.0. The maximum Gasteiger partial charge on any atom is 0.416 e. The predicted octanol–water partition coefficient (Wildman–Crippen LogP) is 3.38. The molecule has 0 bridgehead atoms. The van der Waals surface area contributed by atoms with Crippen molar-refractivity contribution in [3.05, 3.63) is 65.2 Å². The van der Waals surface area contributed by atoms with Gasteiger partial charge in [-0.05, 0) is 43.3 Å². The van der Waals surface area contributed by atoms with Crippen molar-refractivity contribution in [2.45, 2.75) is 13.1 Å². The number of rotatable bonds is 4. The maximum atomic E-state index is 12.5. The summed E-state index contributed by atoms with van der Waals surface area (Å²) in [5, 5.41) is 4.96. The van der Waals surface area contributed by atoms with E-state index in [9.17, 15) is 22.8 Å². The molecule has 2 rings (SSSR count). The van der Waals surface area contributed by atoms with Gasteiger partial charge in [0.1, 0.15) is 0 Å². The lowest BCUT2D eigenvalue weighted by Gasteiger charge is -2.09. The Kier molecular flexibility index (Phi) is 5.23. The summed E-state index contributed by atoms with van der Waals surface area (Å²) < 4.78 is 37.4. The summed E-state index contributed by atoms with van der Waals surface area (Å²) >= 11 is 0. The van der Waals surface area contributed by atoms with Crippen molar-refractivity contribution in [3.63, 3.8) is 0 Å². The first-order valence-electron chi connectivity index (χ1n) is 7.08. The molecular weight excluding hydrogens is 321 g/mol. The van der Waals surface area contributed by atoms with Crippen molar-refractivity contribution in [2.75, 3.05) is 11.9 Å². The van der Waals surface area contributed by atoms with Gasteiger partial charge in [-0.3, -0.25) is 9.59 Å². The highest BCUT2D eigenvalue weighted by Gasteiger charge is 2.30. The first-order chi connectivity index (χ1) is 11.3. The Morgan fingerprint density at radius 3 is 2.08 bits per heavy atom. The van der Waals surface area contributed by atoms with Crippen LogP contribution in [0.15, 0.2) is 48.5 Å². The number of aryl methyl sites for hydroxylation is 1. The van der Waals surface area contributed by atoms with Crippen LogP contribution in [0.25, 0.3) is 0 Å². The van der Waals surface area contributed by atoms with Crippen LogP contribution < -0.4 is 10.6 Å². The quantitative estimate of drug-likeness (QED) is 0.899. The molecule has 0 aliphatic carbocycles. The van der Waals surface area contributed by atoms with Crippen molar-refractivity contribution in [2.24, 2.45) is 0 Å². The molecule has 0 aliphatic rings. The lowest BCUT2D eigenvalue weighted by atomic mass is 10.1. The van der Waals surface area contributed by atoms with E-state index in [2.05, 4.69) is 10.6 Å². The van der Waals surface area contributed by atoms with Crippen LogP contribution in [-0.4, -0.2) is 18.4 Å². The third-order valence-electron chi connectivity index (χ3n) is 3.22. The molecule has 0 aliphatic heterocycles. The molecule has 7 heteroatoms. The smallest absolute Gasteiger partial charge is 0.343 e. The van der Waals surface area contributed by atoms with Gasteiger partial charge in [0, 0.05) is 11.3 Å². The zero-order valence-corrected chi connectivity index (χ0v) is 12.8. The highest BCUT2D eigenvalue weighted by molar-refractivity contribution is 5.99. The maximum absolute atomic E-state index is 12.5. The Balaban J connectivity index is 1.88. The number of benzene rings is 2. The van der Waals surface area contributed by atoms with Crippen molar-refractivity contribution >= 4 is 17.5 Å². The molecule has 0 heterocycles. The molecule has 0 spiro atoms. The van der Waals surface area contributed by atoms with E-state index in [1.807, 2.05) is 19.1 Å². The number of amides is 2. The summed E-state index contributed by atoms with van der Waals surface area (Å²) in [5.41, 5.74) is 0.847. The summed E-state index contributed by atoms with van der Waals surface area (Å²) in [7, 11) is 0. The minimum atomic E-state index is -4.46. The van der Waals surface area contributed by atoms with Crippen molar-refractivity contribution in [3.8, 4) is 0 Å². The lowest BCUT2D eigenvalue weighted by Crippen LogP contribution is -2.32. The summed E-state index contributed by atoms with van der Waals surface area (Å²) in [6.07, 6.45) is -4.46. The van der Waals surface area contributed by atoms with Crippen LogP contribution in [0.1, 0.15) is 21.5 Å². The Hall–Kier alpha value is -2.83. The van der Waals surface area contributed by atoms with Crippen LogP contribution >= 0.6 is 0 Å². The second kappa shape index (κ2) is 7.16. The molecule has 0 atom stereocenters. The van der Waals surface area contributed by atoms with Crippen LogP contribution in [0, 0.1) is 6.92 Å². The summed E-state index contributed by atoms with van der Waals surface area (Å²) in [6, 6.07) is 10.9. The molecule has 2 aromatic carbocycles. The van der Waals surface area contributed by atoms with E-state index < -0.39 is 23.6 Å². The van der Waals surface area contributed by atoms with Crippen molar-refractivity contribution in [1.29, 1.82) is 0 Å². The van der Waals surface area contributed by atoms with Gasteiger partial charge < -0.3 is 10.6 Å². The van der Waals surface area contributed by atoms with E-state index >= 15 is 0 Å². The number of nitrogens with one attached hydrogen (secondary N) is 2. The van der Waals surface area contributed by atoms with E-state index in [4.69, 9.17) is 0 Å². The van der Waals surface area contributed by atoms with Crippen LogP contribution in [0.5, 0.6) is 0 Å². The molecule has 0 unspecified atom stereocenters. The zero-order valence-electron chi connectivity index (χ0n) is 12.8. The first kappa shape index (κ1) is 17.5. The number of carbonyl (C=O) groups is 2. The molecule has 2 amide bonds. The summed E-state index contributed by atoms with van der Waals surface area (Å²) in [5.74, 6) is -1.05. The molecule has 0 saturated heterocycles. The average molecular weight is 336 g/mol. The fourth-order valence-corrected chi connectivity index (χ4v) is 1.92. The van der Waals surface area contributed by atoms with E-state index in [0.717, 1.165) is 29.8 Å². The summed E-state index contributed by atoms with van der Waals surface area (Å²) in [6.45, 7) is 1.63. The minimum Gasteiger partial charge on any atom is -0.343 e. The molecular formula is C17H15F3N2O2. The van der Waals surface area contributed by atoms with E-state index in [0.29, 0.717) is 5.69 Å². The van der Waals surface area contributed by atoms with Gasteiger partial charge in [-0.25, -0.2) is 0 Å². The van der Waals surface area contributed by atoms with Gasteiger partial charge in [0.2, 0.25) is 5.91 Å². The molecule has 2 aromatic rings. The summed E-state index contributed by atoms with van der Waals surface area (Å²) in [4.78, 5) is 23.6. The van der Waals surface area contributed by atoms with Gasteiger partial charge in [0.15, 0.2) is 0 Å². The highest BCUT2D eigenvalue weighted by atomic mass is 19.4. The Bertz CT molecular complexity index is 723. The second-order valence-corrected chi connectivity index (χ2v) is 5.17. The molecule has 2 N–H and O–H groups in total. The molecule has 24 heavy (non-hydrogen) atoms. The zero-order chi connectivity index (χ0) is 17.7. The van der Waals surface area contributed by atoms with E-state index in [-0.39, 0.29) is 12.1 Å². The number of anilines is 1. The van der Waals surface area contributed by atoms with E-state index in [1.54, 1.807) is 12.1 Å². The fraction of sp³-hybridized carbons (Fsp3) is 0.176. The van der Waals surface area contributed by atoms with Gasteiger partial charge in [-0.1, -0.05) is 17.7 Å². The van der Waals surface area contributed by atoms with Crippen LogP contribution in [-0.2, 0) is 11.0 Å². The Labute approximate surface area is 136 Å². The number of alkyl halides is 3. The van der Waals surface area contributed by atoms with Crippen molar-refractivity contribution in [1.82, 2.24) is 5.32 Å². The molecule has 0 radical (unpaired) electrons. The monoisotopic (exact) mass is 336 g/mol. The molecule has 4 nitrogen and oxygen atoms in total. The fourth-order valence-electron chi connectivity index (χ4n) is 1.92. The van der Waals surface area contributed by atoms with Gasteiger partial charge in [-0.15, -0.1) is 0 Å². The lowest BCUT2D eigenvalue weighted by molar-refractivity contribution is -0.137. The number of carbonyl (C=O) groups excluding carboxylic acids is 2. The third-order valence-corrected chi connectivity index (χ3v) is 3.22. The number of hydrogen-bond donors (Lipinski definition) is 2. The van der Waals surface area contributed by atoms with Gasteiger partial charge in [0.25, 0.3) is 5.91 Å². The molecule has 0 saturated carbocycles. The first-order valence-corrected chi connectivity index (χ1v) is 7.08. The number of halogens is 3. The van der Waals surface area contributed by atoms with Crippen LogP contribution in [0.4, 0.5) is 18.9 Å². The van der Waals surface area contributed by atoms with Gasteiger partial charge in [-0.2, -0.15) is 13.2 Å². The van der Waals surface area contributed by atoms with Gasteiger partial charge >= 0.3 is 6.18 Å². The highest BCUT2D eigenvalue weighted by Crippen LogP contribution is 2.29. The topological polar surface area (TPSA) is 58.2 Å². The molecule has 0 fully saturated rings. The largest absolute Gasteiger partial charge is 0.416 e. The SMILES string of the molecule is Cc1ccc(NC(=O)CNC(=O)c2ccc(C(F)(F)F)cc2)cc1. The molecule has 0 aromatic heterocycles. The second-order valence-electron chi connectivity index (χ2n) is 5.17. The Morgan fingerprint density at radius 1 is 0.958 bits per heavy atom. The van der Waals surface area contributed by atoms with Crippen LogP contribution in [0.2, 0.25) is 0 Å². The third kappa shape index (κ3) is 4.84. The van der Waals surface area contributed by atoms with Gasteiger partial charge in [0.05, 0.1) is 12.1 Å². The van der Waals surface area contributed by atoms with Crippen LogP contribution in [0.3, 0.4) is 0 Å².